The van der Waals surface area contributed by atoms with Gasteiger partial charge in [0.15, 0.2) is 0 Å². The standard InChI is InChI=1S/C8H6F2S/c9-8(10)5-11-7-4-2-1-3-6(7)8/h1-4H,5H2. The molecule has 0 saturated carbocycles. The van der Waals surface area contributed by atoms with E-state index in [1.54, 1.807) is 18.2 Å². The molecule has 0 saturated heterocycles. The van der Waals surface area contributed by atoms with Crippen molar-refractivity contribution in [1.82, 2.24) is 0 Å². The summed E-state index contributed by atoms with van der Waals surface area (Å²) in [5.41, 5.74) is 0.185. The van der Waals surface area contributed by atoms with Crippen LogP contribution >= 0.6 is 11.8 Å². The minimum absolute atomic E-state index is 0.105. The molecule has 0 atom stereocenters. The van der Waals surface area contributed by atoms with Gasteiger partial charge < -0.3 is 0 Å². The van der Waals surface area contributed by atoms with Crippen LogP contribution in [0.25, 0.3) is 0 Å². The second-order valence-electron chi connectivity index (χ2n) is 2.49. The largest absolute Gasteiger partial charge is 0.283 e. The molecule has 11 heavy (non-hydrogen) atoms. The zero-order valence-corrected chi connectivity index (χ0v) is 6.50. The normalized spacial score (nSPS) is 19.8. The van der Waals surface area contributed by atoms with Crippen molar-refractivity contribution in [3.8, 4) is 0 Å². The minimum Gasteiger partial charge on any atom is -0.200 e. The van der Waals surface area contributed by atoms with E-state index in [1.165, 1.54) is 17.8 Å². The lowest BCUT2D eigenvalue weighted by atomic mass is 10.1. The Labute approximate surface area is 67.6 Å². The van der Waals surface area contributed by atoms with Gasteiger partial charge in [-0.1, -0.05) is 18.2 Å². The Kier molecular flexibility index (Phi) is 1.42. The summed E-state index contributed by atoms with van der Waals surface area (Å²) in [6.45, 7) is 0. The Balaban J connectivity index is 2.56. The van der Waals surface area contributed by atoms with Gasteiger partial charge >= 0.3 is 0 Å². The maximum atomic E-state index is 12.9. The number of benzene rings is 1. The highest BCUT2D eigenvalue weighted by molar-refractivity contribution is 7.99. The number of rotatable bonds is 0. The Bertz CT molecular complexity index is 283. The molecule has 0 unspecified atom stereocenters. The van der Waals surface area contributed by atoms with Crippen LogP contribution in [0, 0.1) is 0 Å². The van der Waals surface area contributed by atoms with Crippen molar-refractivity contribution < 1.29 is 8.78 Å². The van der Waals surface area contributed by atoms with E-state index < -0.39 is 5.92 Å². The van der Waals surface area contributed by atoms with E-state index in [0.29, 0.717) is 0 Å². The molecular formula is C8H6F2S. The van der Waals surface area contributed by atoms with Crippen molar-refractivity contribution in [2.45, 2.75) is 10.8 Å². The molecular weight excluding hydrogens is 166 g/mol. The molecule has 1 heterocycles. The average Bonchev–Trinajstić information content (AvgIpc) is 2.29. The molecule has 1 aliphatic heterocycles. The summed E-state index contributed by atoms with van der Waals surface area (Å²) in [6.07, 6.45) is 0. The fourth-order valence-corrected chi connectivity index (χ4v) is 2.18. The lowest BCUT2D eigenvalue weighted by molar-refractivity contribution is 0.0244. The van der Waals surface area contributed by atoms with Gasteiger partial charge in [0.2, 0.25) is 0 Å². The Morgan fingerprint density at radius 3 is 2.73 bits per heavy atom. The number of halogens is 2. The zero-order valence-electron chi connectivity index (χ0n) is 5.68. The number of thioether (sulfide) groups is 1. The molecule has 0 N–H and O–H groups in total. The summed E-state index contributed by atoms with van der Waals surface area (Å²) < 4.78 is 25.8. The van der Waals surface area contributed by atoms with Crippen LogP contribution < -0.4 is 0 Å². The van der Waals surface area contributed by atoms with Crippen molar-refractivity contribution >= 4 is 11.8 Å². The molecule has 0 radical (unpaired) electrons. The molecule has 0 bridgehead atoms. The SMILES string of the molecule is FC1(F)CSc2ccccc21. The summed E-state index contributed by atoms with van der Waals surface area (Å²) in [5, 5.41) is 0. The molecule has 1 aromatic rings. The van der Waals surface area contributed by atoms with E-state index in [-0.39, 0.29) is 11.3 Å². The first-order chi connectivity index (χ1) is 5.20. The van der Waals surface area contributed by atoms with E-state index in [1.807, 2.05) is 0 Å². The summed E-state index contributed by atoms with van der Waals surface area (Å²) in [5.74, 6) is -2.71. The third-order valence-electron chi connectivity index (χ3n) is 1.69. The molecule has 0 aliphatic carbocycles. The van der Waals surface area contributed by atoms with E-state index in [2.05, 4.69) is 0 Å². The Morgan fingerprint density at radius 2 is 2.00 bits per heavy atom. The quantitative estimate of drug-likeness (QED) is 0.579. The van der Waals surface area contributed by atoms with Gasteiger partial charge in [-0.2, -0.15) is 0 Å². The average molecular weight is 172 g/mol. The van der Waals surface area contributed by atoms with Crippen molar-refractivity contribution in [3.63, 3.8) is 0 Å². The van der Waals surface area contributed by atoms with Gasteiger partial charge in [-0.3, -0.25) is 0 Å². The molecule has 58 valence electrons. The number of alkyl halides is 2. The van der Waals surface area contributed by atoms with Crippen LogP contribution in [0.5, 0.6) is 0 Å². The fraction of sp³-hybridized carbons (Fsp3) is 0.250. The summed E-state index contributed by atoms with van der Waals surface area (Å²) in [7, 11) is 0. The molecule has 3 heteroatoms. The van der Waals surface area contributed by atoms with Gasteiger partial charge in [0.25, 0.3) is 5.92 Å². The van der Waals surface area contributed by atoms with E-state index >= 15 is 0 Å². The van der Waals surface area contributed by atoms with E-state index in [9.17, 15) is 8.78 Å². The number of fused-ring (bicyclic) bond motifs is 1. The van der Waals surface area contributed by atoms with Crippen LogP contribution in [0.15, 0.2) is 29.2 Å². The third kappa shape index (κ3) is 1.03. The van der Waals surface area contributed by atoms with Gasteiger partial charge in [-0.25, -0.2) is 8.78 Å². The molecule has 0 spiro atoms. The predicted molar refractivity (Wildman–Crippen MR) is 41.1 cm³/mol. The topological polar surface area (TPSA) is 0 Å². The lowest BCUT2D eigenvalue weighted by Gasteiger charge is -2.06. The van der Waals surface area contributed by atoms with Crippen molar-refractivity contribution in [2.75, 3.05) is 5.75 Å². The maximum absolute atomic E-state index is 12.9. The first-order valence-corrected chi connectivity index (χ1v) is 4.29. The Hall–Kier alpha value is -0.570. The summed E-state index contributed by atoms with van der Waals surface area (Å²) >= 11 is 1.22. The van der Waals surface area contributed by atoms with Crippen LogP contribution in [-0.2, 0) is 5.92 Å². The van der Waals surface area contributed by atoms with E-state index in [0.717, 1.165) is 4.90 Å². The van der Waals surface area contributed by atoms with Gasteiger partial charge in [0.05, 0.1) is 5.75 Å². The van der Waals surface area contributed by atoms with Crippen LogP contribution in [-0.4, -0.2) is 5.75 Å². The first-order valence-electron chi connectivity index (χ1n) is 3.30. The minimum atomic E-state index is -2.61. The van der Waals surface area contributed by atoms with Gasteiger partial charge in [-0.05, 0) is 6.07 Å². The van der Waals surface area contributed by atoms with Crippen LogP contribution in [0.3, 0.4) is 0 Å². The molecule has 1 aliphatic rings. The van der Waals surface area contributed by atoms with Gasteiger partial charge in [0, 0.05) is 10.5 Å². The fourth-order valence-electron chi connectivity index (χ4n) is 1.14. The molecule has 2 rings (SSSR count). The molecule has 0 fully saturated rings. The van der Waals surface area contributed by atoms with E-state index in [4.69, 9.17) is 0 Å². The number of hydrogen-bond donors (Lipinski definition) is 0. The third-order valence-corrected chi connectivity index (χ3v) is 2.86. The first kappa shape index (κ1) is 7.10. The van der Waals surface area contributed by atoms with Crippen LogP contribution in [0.1, 0.15) is 5.56 Å². The molecule has 1 aromatic carbocycles. The molecule has 0 nitrogen and oxygen atoms in total. The maximum Gasteiger partial charge on any atom is 0.283 e. The van der Waals surface area contributed by atoms with Gasteiger partial charge in [-0.15, -0.1) is 11.8 Å². The summed E-state index contributed by atoms with van der Waals surface area (Å²) in [4.78, 5) is 0.720. The van der Waals surface area contributed by atoms with Crippen molar-refractivity contribution in [3.05, 3.63) is 29.8 Å². The monoisotopic (exact) mass is 172 g/mol. The second-order valence-corrected chi connectivity index (χ2v) is 3.51. The summed E-state index contributed by atoms with van der Waals surface area (Å²) in [6, 6.07) is 6.67. The Morgan fingerprint density at radius 1 is 1.27 bits per heavy atom. The zero-order chi connectivity index (χ0) is 7.90. The highest BCUT2D eigenvalue weighted by atomic mass is 32.2. The smallest absolute Gasteiger partial charge is 0.200 e. The van der Waals surface area contributed by atoms with Crippen molar-refractivity contribution in [2.24, 2.45) is 0 Å². The van der Waals surface area contributed by atoms with Gasteiger partial charge in [0.1, 0.15) is 0 Å². The lowest BCUT2D eigenvalue weighted by Crippen LogP contribution is -2.10. The highest BCUT2D eigenvalue weighted by Crippen LogP contribution is 2.45. The molecule has 0 aromatic heterocycles. The van der Waals surface area contributed by atoms with Crippen molar-refractivity contribution in [1.29, 1.82) is 0 Å². The highest BCUT2D eigenvalue weighted by Gasteiger charge is 2.39. The molecule has 0 amide bonds. The number of hydrogen-bond acceptors (Lipinski definition) is 1. The van der Waals surface area contributed by atoms with Crippen LogP contribution in [0.4, 0.5) is 8.78 Å². The second kappa shape index (κ2) is 2.21. The van der Waals surface area contributed by atoms with Crippen LogP contribution in [0.2, 0.25) is 0 Å². The predicted octanol–water partition coefficient (Wildman–Crippen LogP) is 2.88.